The highest BCUT2D eigenvalue weighted by atomic mass is 14.7. The lowest BCUT2D eigenvalue weighted by Gasteiger charge is -2.22. The number of hydrogen-bond donors (Lipinski definition) is 0. The third-order valence-electron chi connectivity index (χ3n) is 3.57. The molecule has 114 valence electrons. The minimum atomic E-state index is 0.0943. The highest BCUT2D eigenvalue weighted by molar-refractivity contribution is 5.65. The number of allylic oxidation sites excluding steroid dienone is 5. The highest BCUT2D eigenvalue weighted by Crippen LogP contribution is 2.30. The quantitative estimate of drug-likeness (QED) is 0.625. The van der Waals surface area contributed by atoms with Gasteiger partial charge in [-0.3, -0.25) is 4.98 Å². The summed E-state index contributed by atoms with van der Waals surface area (Å²) in [6.45, 7) is 19.3. The molecule has 0 aliphatic rings. The topological polar surface area (TPSA) is 12.9 Å². The lowest BCUT2D eigenvalue weighted by molar-refractivity contribution is 0.517. The summed E-state index contributed by atoms with van der Waals surface area (Å²) in [4.78, 5) is 4.53. The summed E-state index contributed by atoms with van der Waals surface area (Å²) in [5.74, 6) is 0. The number of rotatable bonds is 3. The zero-order chi connectivity index (χ0) is 16.3. The van der Waals surface area contributed by atoms with E-state index in [0.717, 1.165) is 5.69 Å². The summed E-state index contributed by atoms with van der Waals surface area (Å²) in [5.41, 5.74) is 5.03. The summed E-state index contributed by atoms with van der Waals surface area (Å²) < 4.78 is 0. The third-order valence-corrected chi connectivity index (χ3v) is 3.57. The van der Waals surface area contributed by atoms with E-state index in [1.807, 2.05) is 12.3 Å². The van der Waals surface area contributed by atoms with E-state index < -0.39 is 0 Å². The standard InChI is InChI=1S/C20H29N/c1-9-10-16(19(3,4)5)13-15(2)18-14-17(11-12-21-18)20(6,7)8/h9-14H,1H2,2-8H3/b15-13+,16-10+. The summed E-state index contributed by atoms with van der Waals surface area (Å²) >= 11 is 0. The maximum atomic E-state index is 4.53. The molecule has 0 aliphatic heterocycles. The van der Waals surface area contributed by atoms with E-state index >= 15 is 0 Å². The fourth-order valence-electron chi connectivity index (χ4n) is 2.06. The second-order valence-corrected chi connectivity index (χ2v) is 7.61. The molecule has 0 unspecified atom stereocenters. The molecule has 1 rings (SSSR count). The highest BCUT2D eigenvalue weighted by Gasteiger charge is 2.17. The van der Waals surface area contributed by atoms with Crippen LogP contribution in [-0.2, 0) is 5.41 Å². The molecule has 0 saturated carbocycles. The van der Waals surface area contributed by atoms with Gasteiger partial charge in [-0.2, -0.15) is 0 Å². The van der Waals surface area contributed by atoms with E-state index in [-0.39, 0.29) is 10.8 Å². The first-order valence-electron chi connectivity index (χ1n) is 7.54. The van der Waals surface area contributed by atoms with Crippen LogP contribution in [0.1, 0.15) is 59.7 Å². The molecule has 1 heterocycles. The first-order valence-corrected chi connectivity index (χ1v) is 7.54. The van der Waals surface area contributed by atoms with Crippen molar-refractivity contribution in [3.05, 3.63) is 60.0 Å². The van der Waals surface area contributed by atoms with Gasteiger partial charge in [-0.15, -0.1) is 0 Å². The average molecular weight is 283 g/mol. The molecule has 21 heavy (non-hydrogen) atoms. The molecular formula is C20H29N. The smallest absolute Gasteiger partial charge is 0.0661 e. The molecule has 0 atom stereocenters. The van der Waals surface area contributed by atoms with Gasteiger partial charge in [0.15, 0.2) is 0 Å². The Kier molecular flexibility index (Phi) is 5.33. The number of hydrogen-bond acceptors (Lipinski definition) is 1. The minimum Gasteiger partial charge on any atom is -0.257 e. The first kappa shape index (κ1) is 17.4. The second-order valence-electron chi connectivity index (χ2n) is 7.61. The van der Waals surface area contributed by atoms with Gasteiger partial charge in [0.1, 0.15) is 0 Å². The second kappa shape index (κ2) is 6.43. The lowest BCUT2D eigenvalue weighted by atomic mass is 9.84. The van der Waals surface area contributed by atoms with Crippen LogP contribution in [0, 0.1) is 5.41 Å². The molecule has 0 N–H and O–H groups in total. The molecule has 0 aliphatic carbocycles. The normalized spacial score (nSPS) is 14.2. The minimum absolute atomic E-state index is 0.0943. The van der Waals surface area contributed by atoms with Crippen molar-refractivity contribution in [1.29, 1.82) is 0 Å². The van der Waals surface area contributed by atoms with Crippen LogP contribution >= 0.6 is 0 Å². The van der Waals surface area contributed by atoms with Crippen molar-refractivity contribution in [2.45, 2.75) is 53.9 Å². The summed E-state index contributed by atoms with van der Waals surface area (Å²) in [6, 6.07) is 4.29. The summed E-state index contributed by atoms with van der Waals surface area (Å²) in [6.07, 6.45) is 8.05. The molecule has 0 aromatic carbocycles. The first-order chi connectivity index (χ1) is 9.55. The van der Waals surface area contributed by atoms with Crippen molar-refractivity contribution in [2.24, 2.45) is 5.41 Å². The number of pyridine rings is 1. The molecule has 1 heteroatoms. The lowest BCUT2D eigenvalue weighted by Crippen LogP contribution is -2.11. The zero-order valence-electron chi connectivity index (χ0n) is 14.6. The van der Waals surface area contributed by atoms with Crippen LogP contribution in [0.15, 0.2) is 48.7 Å². The largest absolute Gasteiger partial charge is 0.257 e. The van der Waals surface area contributed by atoms with Crippen LogP contribution in [0.3, 0.4) is 0 Å². The van der Waals surface area contributed by atoms with Crippen LogP contribution in [0.2, 0.25) is 0 Å². The van der Waals surface area contributed by atoms with E-state index in [9.17, 15) is 0 Å². The van der Waals surface area contributed by atoms with Crippen molar-refractivity contribution < 1.29 is 0 Å². The van der Waals surface area contributed by atoms with Crippen molar-refractivity contribution in [3.63, 3.8) is 0 Å². The number of aromatic nitrogens is 1. The van der Waals surface area contributed by atoms with Gasteiger partial charge in [-0.05, 0) is 46.6 Å². The van der Waals surface area contributed by atoms with E-state index in [1.165, 1.54) is 16.7 Å². The van der Waals surface area contributed by atoms with Gasteiger partial charge < -0.3 is 0 Å². The van der Waals surface area contributed by atoms with Crippen LogP contribution in [-0.4, -0.2) is 4.98 Å². The fourth-order valence-corrected chi connectivity index (χ4v) is 2.06. The monoisotopic (exact) mass is 283 g/mol. The van der Waals surface area contributed by atoms with Gasteiger partial charge in [-0.1, -0.05) is 66.3 Å². The fraction of sp³-hybridized carbons (Fsp3) is 0.450. The molecule has 1 nitrogen and oxygen atoms in total. The van der Waals surface area contributed by atoms with E-state index in [0.29, 0.717) is 0 Å². The molecule has 0 fully saturated rings. The Morgan fingerprint density at radius 3 is 2.24 bits per heavy atom. The maximum absolute atomic E-state index is 4.53. The van der Waals surface area contributed by atoms with Gasteiger partial charge in [-0.25, -0.2) is 0 Å². The Labute approximate surface area is 130 Å². The summed E-state index contributed by atoms with van der Waals surface area (Å²) in [7, 11) is 0. The van der Waals surface area contributed by atoms with E-state index in [1.54, 1.807) is 0 Å². The third kappa shape index (κ3) is 5.00. The zero-order valence-corrected chi connectivity index (χ0v) is 14.6. The molecule has 0 bridgehead atoms. The molecule has 0 amide bonds. The molecule has 1 aromatic rings. The van der Waals surface area contributed by atoms with Crippen LogP contribution < -0.4 is 0 Å². The molecule has 0 saturated heterocycles. The van der Waals surface area contributed by atoms with Crippen LogP contribution in [0.4, 0.5) is 0 Å². The molecular weight excluding hydrogens is 254 g/mol. The predicted molar refractivity (Wildman–Crippen MR) is 94.3 cm³/mol. The Morgan fingerprint density at radius 2 is 1.76 bits per heavy atom. The van der Waals surface area contributed by atoms with Gasteiger partial charge >= 0.3 is 0 Å². The van der Waals surface area contributed by atoms with Crippen molar-refractivity contribution >= 4 is 5.57 Å². The van der Waals surface area contributed by atoms with Gasteiger partial charge in [0.2, 0.25) is 0 Å². The molecule has 1 aromatic heterocycles. The Balaban J connectivity index is 3.24. The van der Waals surface area contributed by atoms with Crippen molar-refractivity contribution in [2.75, 3.05) is 0 Å². The van der Waals surface area contributed by atoms with Gasteiger partial charge in [0.25, 0.3) is 0 Å². The maximum Gasteiger partial charge on any atom is 0.0661 e. The Morgan fingerprint density at radius 1 is 1.14 bits per heavy atom. The number of nitrogens with zero attached hydrogens (tertiary/aromatic N) is 1. The van der Waals surface area contributed by atoms with Gasteiger partial charge in [0, 0.05) is 6.20 Å². The van der Waals surface area contributed by atoms with E-state index in [2.05, 4.69) is 84.3 Å². The Bertz CT molecular complexity index is 560. The SMILES string of the molecule is C=C/C=C(\C=C(/C)c1cc(C(C)(C)C)ccn1)C(C)(C)C. The van der Waals surface area contributed by atoms with Crippen molar-refractivity contribution in [3.8, 4) is 0 Å². The van der Waals surface area contributed by atoms with Crippen LogP contribution in [0.5, 0.6) is 0 Å². The predicted octanol–water partition coefficient (Wildman–Crippen LogP) is 5.94. The summed E-state index contributed by atoms with van der Waals surface area (Å²) in [5, 5.41) is 0. The van der Waals surface area contributed by atoms with E-state index in [4.69, 9.17) is 0 Å². The van der Waals surface area contributed by atoms with Gasteiger partial charge in [0.05, 0.1) is 5.69 Å². The average Bonchev–Trinajstić information content (AvgIpc) is 2.36. The van der Waals surface area contributed by atoms with Crippen LogP contribution in [0.25, 0.3) is 5.57 Å². The molecule has 0 spiro atoms. The Hall–Kier alpha value is -1.63. The van der Waals surface area contributed by atoms with Crippen molar-refractivity contribution in [1.82, 2.24) is 4.98 Å². The molecule has 0 radical (unpaired) electrons.